The summed E-state index contributed by atoms with van der Waals surface area (Å²) in [4.78, 5) is 25.0. The maximum Gasteiger partial charge on any atom is 0.410 e. The lowest BCUT2D eigenvalue weighted by atomic mass is 10.1. The first-order valence-electron chi connectivity index (χ1n) is 7.47. The summed E-state index contributed by atoms with van der Waals surface area (Å²) in [7, 11) is 0. The highest BCUT2D eigenvalue weighted by atomic mass is 16.6. The van der Waals surface area contributed by atoms with Crippen molar-refractivity contribution in [3.05, 3.63) is 0 Å². The Morgan fingerprint density at radius 3 is 2.76 bits per heavy atom. The van der Waals surface area contributed by atoms with Gasteiger partial charge in [-0.2, -0.15) is 5.26 Å². The minimum absolute atomic E-state index is 0.104. The van der Waals surface area contributed by atoms with Crippen molar-refractivity contribution in [2.45, 2.75) is 64.5 Å². The zero-order valence-electron chi connectivity index (χ0n) is 13.1. The summed E-state index contributed by atoms with van der Waals surface area (Å²) in [6.45, 7) is 6.86. The molecule has 1 atom stereocenters. The van der Waals surface area contributed by atoms with E-state index in [4.69, 9.17) is 10.00 Å². The van der Waals surface area contributed by atoms with Gasteiger partial charge in [0.05, 0.1) is 6.07 Å². The van der Waals surface area contributed by atoms with Crippen LogP contribution in [0.3, 0.4) is 0 Å². The van der Waals surface area contributed by atoms with E-state index in [9.17, 15) is 9.59 Å². The molecule has 1 fully saturated rings. The molecular formula is C15H25N3O3. The number of rotatable bonds is 5. The smallest absolute Gasteiger partial charge is 0.410 e. The molecule has 118 valence electrons. The molecule has 0 saturated carbocycles. The SMILES string of the molecule is CC(C)(C)OC(=O)N1CCC[C@H]1CCCNC(=O)CC#N. The van der Waals surface area contributed by atoms with Gasteiger partial charge >= 0.3 is 6.09 Å². The Balaban J connectivity index is 2.32. The third-order valence-electron chi connectivity index (χ3n) is 3.28. The second-order valence-corrected chi connectivity index (χ2v) is 6.30. The van der Waals surface area contributed by atoms with E-state index in [2.05, 4.69) is 5.32 Å². The molecule has 21 heavy (non-hydrogen) atoms. The van der Waals surface area contributed by atoms with E-state index in [1.807, 2.05) is 26.8 Å². The lowest BCUT2D eigenvalue weighted by Gasteiger charge is -2.28. The Bertz CT molecular complexity index is 409. The molecule has 0 unspecified atom stereocenters. The fourth-order valence-corrected chi connectivity index (χ4v) is 2.40. The maximum absolute atomic E-state index is 12.1. The van der Waals surface area contributed by atoms with Crippen LogP contribution >= 0.6 is 0 Å². The molecule has 1 heterocycles. The van der Waals surface area contributed by atoms with Crippen LogP contribution in [0, 0.1) is 11.3 Å². The topological polar surface area (TPSA) is 82.4 Å². The maximum atomic E-state index is 12.1. The highest BCUT2D eigenvalue weighted by Gasteiger charge is 2.31. The van der Waals surface area contributed by atoms with Crippen LogP contribution in [0.25, 0.3) is 0 Å². The van der Waals surface area contributed by atoms with Gasteiger partial charge in [0.25, 0.3) is 0 Å². The number of hydrogen-bond donors (Lipinski definition) is 1. The summed E-state index contributed by atoms with van der Waals surface area (Å²) in [6.07, 6.45) is 3.25. The average molecular weight is 295 g/mol. The van der Waals surface area contributed by atoms with Crippen molar-refractivity contribution in [1.29, 1.82) is 5.26 Å². The van der Waals surface area contributed by atoms with Crippen LogP contribution in [0.4, 0.5) is 4.79 Å². The first-order chi connectivity index (χ1) is 9.83. The van der Waals surface area contributed by atoms with Crippen LogP contribution in [0.2, 0.25) is 0 Å². The van der Waals surface area contributed by atoms with Gasteiger partial charge in [-0.25, -0.2) is 4.79 Å². The summed E-state index contributed by atoms with van der Waals surface area (Å²) in [5.41, 5.74) is -0.477. The number of ether oxygens (including phenoxy) is 1. The zero-order valence-corrected chi connectivity index (χ0v) is 13.1. The van der Waals surface area contributed by atoms with Crippen molar-refractivity contribution in [1.82, 2.24) is 10.2 Å². The summed E-state index contributed by atoms with van der Waals surface area (Å²) in [5, 5.41) is 11.1. The molecule has 0 radical (unpaired) electrons. The van der Waals surface area contributed by atoms with E-state index >= 15 is 0 Å². The summed E-state index contributed by atoms with van der Waals surface area (Å²) in [5.74, 6) is -0.243. The van der Waals surface area contributed by atoms with Gasteiger partial charge in [0.15, 0.2) is 0 Å². The Labute approximate surface area is 126 Å². The second-order valence-electron chi connectivity index (χ2n) is 6.30. The van der Waals surface area contributed by atoms with Crippen LogP contribution in [0.5, 0.6) is 0 Å². The van der Waals surface area contributed by atoms with Gasteiger partial charge in [-0.3, -0.25) is 4.79 Å². The number of hydrogen-bond acceptors (Lipinski definition) is 4. The lowest BCUT2D eigenvalue weighted by Crippen LogP contribution is -2.40. The van der Waals surface area contributed by atoms with Gasteiger partial charge in [0.2, 0.25) is 5.91 Å². The highest BCUT2D eigenvalue weighted by molar-refractivity contribution is 5.77. The average Bonchev–Trinajstić information content (AvgIpc) is 2.81. The fraction of sp³-hybridized carbons (Fsp3) is 0.800. The van der Waals surface area contributed by atoms with E-state index in [1.54, 1.807) is 4.90 Å². The number of likely N-dealkylation sites (tertiary alicyclic amines) is 1. The van der Waals surface area contributed by atoms with Crippen molar-refractivity contribution >= 4 is 12.0 Å². The Kier molecular flexibility index (Phi) is 6.47. The molecule has 0 aromatic carbocycles. The largest absolute Gasteiger partial charge is 0.444 e. The first kappa shape index (κ1) is 17.3. The Morgan fingerprint density at radius 2 is 2.14 bits per heavy atom. The zero-order chi connectivity index (χ0) is 15.9. The molecule has 0 aromatic heterocycles. The van der Waals surface area contributed by atoms with Crippen LogP contribution in [0.1, 0.15) is 52.9 Å². The fourth-order valence-electron chi connectivity index (χ4n) is 2.40. The third kappa shape index (κ3) is 6.48. The molecule has 6 heteroatoms. The van der Waals surface area contributed by atoms with Crippen molar-refractivity contribution in [3.8, 4) is 6.07 Å². The highest BCUT2D eigenvalue weighted by Crippen LogP contribution is 2.23. The monoisotopic (exact) mass is 295 g/mol. The number of nitrogens with one attached hydrogen (secondary N) is 1. The molecule has 0 spiro atoms. The lowest BCUT2D eigenvalue weighted by molar-refractivity contribution is -0.120. The van der Waals surface area contributed by atoms with Gasteiger partial charge in [-0.1, -0.05) is 0 Å². The van der Waals surface area contributed by atoms with Crippen LogP contribution in [0.15, 0.2) is 0 Å². The molecule has 2 amide bonds. The van der Waals surface area contributed by atoms with E-state index < -0.39 is 5.60 Å². The molecule has 1 aliphatic rings. The molecule has 1 rings (SSSR count). The van der Waals surface area contributed by atoms with Crippen molar-refractivity contribution in [2.24, 2.45) is 0 Å². The van der Waals surface area contributed by atoms with E-state index in [1.165, 1.54) is 0 Å². The van der Waals surface area contributed by atoms with Crippen molar-refractivity contribution in [2.75, 3.05) is 13.1 Å². The molecule has 1 saturated heterocycles. The molecule has 0 aliphatic carbocycles. The van der Waals surface area contributed by atoms with Crippen LogP contribution in [-0.2, 0) is 9.53 Å². The predicted molar refractivity (Wildman–Crippen MR) is 78.4 cm³/mol. The number of carbonyl (C=O) groups excluding carboxylic acids is 2. The van der Waals surface area contributed by atoms with Crippen LogP contribution < -0.4 is 5.32 Å². The summed E-state index contributed by atoms with van der Waals surface area (Å²) >= 11 is 0. The van der Waals surface area contributed by atoms with Gasteiger partial charge in [-0.05, 0) is 46.5 Å². The molecule has 0 aromatic rings. The molecule has 1 aliphatic heterocycles. The number of nitrogens with zero attached hydrogens (tertiary/aromatic N) is 2. The van der Waals surface area contributed by atoms with E-state index in [0.717, 1.165) is 32.2 Å². The quantitative estimate of drug-likeness (QED) is 0.788. The molecule has 1 N–H and O–H groups in total. The predicted octanol–water partition coefficient (Wildman–Crippen LogP) is 2.20. The van der Waals surface area contributed by atoms with Gasteiger partial charge < -0.3 is 15.0 Å². The first-order valence-corrected chi connectivity index (χ1v) is 7.47. The van der Waals surface area contributed by atoms with Gasteiger partial charge in [0, 0.05) is 19.1 Å². The molecular weight excluding hydrogens is 270 g/mol. The number of amides is 2. The molecule has 6 nitrogen and oxygen atoms in total. The third-order valence-corrected chi connectivity index (χ3v) is 3.28. The number of carbonyl (C=O) groups is 2. The summed E-state index contributed by atoms with van der Waals surface area (Å²) < 4.78 is 5.41. The minimum Gasteiger partial charge on any atom is -0.444 e. The van der Waals surface area contributed by atoms with Crippen molar-refractivity contribution in [3.63, 3.8) is 0 Å². The van der Waals surface area contributed by atoms with Gasteiger partial charge in [0.1, 0.15) is 12.0 Å². The standard InChI is InChI=1S/C15H25N3O3/c1-15(2,3)21-14(20)18-11-5-7-12(18)6-4-10-17-13(19)8-9-16/h12H,4-8,10-11H2,1-3H3,(H,17,19)/t12-/m1/s1. The minimum atomic E-state index is -0.477. The normalized spacial score (nSPS) is 18.2. The van der Waals surface area contributed by atoms with Crippen molar-refractivity contribution < 1.29 is 14.3 Å². The van der Waals surface area contributed by atoms with Crippen LogP contribution in [-0.4, -0.2) is 41.6 Å². The molecule has 0 bridgehead atoms. The van der Waals surface area contributed by atoms with E-state index in [0.29, 0.717) is 6.54 Å². The van der Waals surface area contributed by atoms with Gasteiger partial charge in [-0.15, -0.1) is 0 Å². The second kappa shape index (κ2) is 7.87. The Morgan fingerprint density at radius 1 is 1.43 bits per heavy atom. The Hall–Kier alpha value is -1.77. The number of nitriles is 1. The van der Waals surface area contributed by atoms with E-state index in [-0.39, 0.29) is 24.5 Å². The summed E-state index contributed by atoms with van der Waals surface area (Å²) in [6, 6.07) is 2.00.